The maximum absolute atomic E-state index is 13.4. The van der Waals surface area contributed by atoms with Crippen LogP contribution >= 0.6 is 11.3 Å². The van der Waals surface area contributed by atoms with E-state index in [9.17, 15) is 4.39 Å². The van der Waals surface area contributed by atoms with Crippen LogP contribution in [0.3, 0.4) is 0 Å². The first kappa shape index (κ1) is 15.0. The van der Waals surface area contributed by atoms with Crippen molar-refractivity contribution < 1.29 is 4.39 Å². The second-order valence-corrected chi connectivity index (χ2v) is 7.00. The van der Waals surface area contributed by atoms with Crippen LogP contribution in [0, 0.1) is 5.13 Å². The molecule has 4 nitrogen and oxygen atoms in total. The van der Waals surface area contributed by atoms with Crippen molar-refractivity contribution in [2.45, 2.75) is 0 Å². The zero-order valence-electron chi connectivity index (χ0n) is 13.5. The molecule has 0 spiro atoms. The molecule has 26 heavy (non-hydrogen) atoms. The fourth-order valence-corrected chi connectivity index (χ4v) is 3.87. The lowest BCUT2D eigenvalue weighted by atomic mass is 10.1. The van der Waals surface area contributed by atoms with Crippen LogP contribution < -0.4 is 0 Å². The van der Waals surface area contributed by atoms with Gasteiger partial charge in [0.25, 0.3) is 0 Å². The van der Waals surface area contributed by atoms with Crippen molar-refractivity contribution in [2.24, 2.45) is 0 Å². The summed E-state index contributed by atoms with van der Waals surface area (Å²) in [5, 5.41) is 8.35. The van der Waals surface area contributed by atoms with E-state index in [1.807, 2.05) is 42.5 Å². The molecular formula is C20H13FN4S. The topological polar surface area (TPSA) is 57.4 Å². The molecule has 5 aromatic rings. The van der Waals surface area contributed by atoms with Gasteiger partial charge in [-0.3, -0.25) is 10.1 Å². The first-order chi connectivity index (χ1) is 12.8. The second-order valence-electron chi connectivity index (χ2n) is 5.96. The summed E-state index contributed by atoms with van der Waals surface area (Å²) < 4.78 is 13.4. The fourth-order valence-electron chi connectivity index (χ4n) is 3.10. The molecule has 4 heterocycles. The van der Waals surface area contributed by atoms with Gasteiger partial charge in [0.15, 0.2) is 5.13 Å². The van der Waals surface area contributed by atoms with Crippen LogP contribution in [-0.4, -0.2) is 20.2 Å². The molecule has 2 N–H and O–H groups in total. The quantitative estimate of drug-likeness (QED) is 0.447. The van der Waals surface area contributed by atoms with Gasteiger partial charge in [-0.1, -0.05) is 12.1 Å². The molecule has 0 aliphatic carbocycles. The Labute approximate surface area is 152 Å². The van der Waals surface area contributed by atoms with E-state index in [0.29, 0.717) is 0 Å². The Hall–Kier alpha value is -3.25. The number of fused-ring (bicyclic) bond motifs is 1. The number of benzene rings is 1. The average molecular weight is 360 g/mol. The molecule has 0 saturated carbocycles. The summed E-state index contributed by atoms with van der Waals surface area (Å²) >= 11 is 1.15. The summed E-state index contributed by atoms with van der Waals surface area (Å²) in [7, 11) is 0. The van der Waals surface area contributed by atoms with Crippen molar-refractivity contribution in [1.82, 2.24) is 20.2 Å². The number of aromatic nitrogens is 4. The van der Waals surface area contributed by atoms with Crippen molar-refractivity contribution in [3.05, 3.63) is 72.1 Å². The molecule has 0 fully saturated rings. The van der Waals surface area contributed by atoms with Gasteiger partial charge in [-0.25, -0.2) is 0 Å². The molecule has 1 aromatic carbocycles. The van der Waals surface area contributed by atoms with Gasteiger partial charge in [-0.2, -0.15) is 9.49 Å². The molecule has 0 saturated heterocycles. The third-order valence-corrected chi connectivity index (χ3v) is 5.24. The minimum absolute atomic E-state index is 0.179. The predicted octanol–water partition coefficient (Wildman–Crippen LogP) is 5.49. The minimum Gasteiger partial charge on any atom is -0.353 e. The van der Waals surface area contributed by atoms with Gasteiger partial charge in [0.05, 0.1) is 11.4 Å². The van der Waals surface area contributed by atoms with Gasteiger partial charge >= 0.3 is 0 Å². The summed E-state index contributed by atoms with van der Waals surface area (Å²) in [6, 6.07) is 17.2. The van der Waals surface area contributed by atoms with Crippen molar-refractivity contribution in [3.63, 3.8) is 0 Å². The first-order valence-electron chi connectivity index (χ1n) is 8.11. The Kier molecular flexibility index (Phi) is 3.43. The molecule has 0 atom stereocenters. The monoisotopic (exact) mass is 360 g/mol. The number of rotatable bonds is 3. The first-order valence-corrected chi connectivity index (χ1v) is 8.93. The second kappa shape index (κ2) is 5.93. The highest BCUT2D eigenvalue weighted by molar-refractivity contribution is 7.14. The lowest BCUT2D eigenvalue weighted by Crippen LogP contribution is -1.78. The Morgan fingerprint density at radius 1 is 0.962 bits per heavy atom. The highest BCUT2D eigenvalue weighted by Gasteiger charge is 2.13. The summed E-state index contributed by atoms with van der Waals surface area (Å²) in [5.74, 6) is 0. The standard InChI is InChI=1S/C20H13FN4S/c21-20-7-6-19(26-20)13-4-1-5-15-14(13)9-17(23-15)18-10-16(24-25-18)12-3-2-8-22-11-12/h1-11,23H,(H,24,25). The minimum atomic E-state index is -0.179. The molecule has 0 aliphatic rings. The Morgan fingerprint density at radius 3 is 2.73 bits per heavy atom. The Morgan fingerprint density at radius 2 is 1.92 bits per heavy atom. The summed E-state index contributed by atoms with van der Waals surface area (Å²) in [6.45, 7) is 0. The van der Waals surface area contributed by atoms with E-state index < -0.39 is 0 Å². The normalized spacial score (nSPS) is 11.3. The van der Waals surface area contributed by atoms with Crippen molar-refractivity contribution in [1.29, 1.82) is 0 Å². The van der Waals surface area contributed by atoms with Gasteiger partial charge in [0, 0.05) is 39.3 Å². The zero-order valence-corrected chi connectivity index (χ0v) is 14.3. The number of nitrogens with zero attached hydrogens (tertiary/aromatic N) is 2. The lowest BCUT2D eigenvalue weighted by molar-refractivity contribution is 0.657. The van der Waals surface area contributed by atoms with Crippen LogP contribution in [0.4, 0.5) is 4.39 Å². The van der Waals surface area contributed by atoms with Gasteiger partial charge in [0.2, 0.25) is 0 Å². The van der Waals surface area contributed by atoms with E-state index in [4.69, 9.17) is 0 Å². The number of H-pyrrole nitrogens is 2. The predicted molar refractivity (Wildman–Crippen MR) is 102 cm³/mol. The fraction of sp³-hybridized carbons (Fsp3) is 0. The SMILES string of the molecule is Fc1ccc(-c2cccc3[nH]c(-c4cc(-c5cccnc5)[nH]n4)cc23)s1. The average Bonchev–Trinajstić information content (AvgIpc) is 3.40. The summed E-state index contributed by atoms with van der Waals surface area (Å²) in [5.41, 5.74) is 5.64. The number of pyridine rings is 1. The van der Waals surface area contributed by atoms with Crippen molar-refractivity contribution in [3.8, 4) is 33.1 Å². The van der Waals surface area contributed by atoms with Gasteiger partial charge < -0.3 is 4.98 Å². The molecule has 5 rings (SSSR count). The molecule has 0 bridgehead atoms. The highest BCUT2D eigenvalue weighted by Crippen LogP contribution is 2.35. The van der Waals surface area contributed by atoms with E-state index in [1.54, 1.807) is 12.4 Å². The molecule has 4 aromatic heterocycles. The van der Waals surface area contributed by atoms with E-state index in [0.717, 1.165) is 55.3 Å². The third-order valence-electron chi connectivity index (χ3n) is 4.33. The number of hydrogen-bond donors (Lipinski definition) is 2. The van der Waals surface area contributed by atoms with E-state index in [2.05, 4.69) is 26.2 Å². The number of thiophene rings is 1. The zero-order chi connectivity index (χ0) is 17.5. The largest absolute Gasteiger partial charge is 0.353 e. The van der Waals surface area contributed by atoms with Crippen molar-refractivity contribution >= 4 is 22.2 Å². The molecule has 0 radical (unpaired) electrons. The molecular weight excluding hydrogens is 347 g/mol. The Balaban J connectivity index is 1.60. The lowest BCUT2D eigenvalue weighted by Gasteiger charge is -1.98. The van der Waals surface area contributed by atoms with Gasteiger partial charge in [0.1, 0.15) is 5.69 Å². The van der Waals surface area contributed by atoms with Crippen LogP contribution in [-0.2, 0) is 0 Å². The van der Waals surface area contributed by atoms with Gasteiger partial charge in [-0.05, 0) is 42.5 Å². The maximum atomic E-state index is 13.4. The number of halogens is 1. The maximum Gasteiger partial charge on any atom is 0.176 e. The molecule has 126 valence electrons. The van der Waals surface area contributed by atoms with Crippen LogP contribution in [0.15, 0.2) is 67.0 Å². The third kappa shape index (κ3) is 2.51. The van der Waals surface area contributed by atoms with E-state index in [-0.39, 0.29) is 5.13 Å². The summed E-state index contributed by atoms with van der Waals surface area (Å²) in [4.78, 5) is 8.46. The molecule has 0 aliphatic heterocycles. The van der Waals surface area contributed by atoms with Crippen molar-refractivity contribution in [2.75, 3.05) is 0 Å². The molecule has 0 amide bonds. The number of hydrogen-bond acceptors (Lipinski definition) is 3. The highest BCUT2D eigenvalue weighted by atomic mass is 32.1. The smallest absolute Gasteiger partial charge is 0.176 e. The Bertz CT molecular complexity index is 1200. The number of aromatic amines is 2. The number of nitrogens with one attached hydrogen (secondary N) is 2. The van der Waals surface area contributed by atoms with Crippen LogP contribution in [0.25, 0.3) is 44.0 Å². The summed E-state index contributed by atoms with van der Waals surface area (Å²) in [6.07, 6.45) is 3.54. The van der Waals surface area contributed by atoms with E-state index >= 15 is 0 Å². The van der Waals surface area contributed by atoms with E-state index in [1.165, 1.54) is 6.07 Å². The van der Waals surface area contributed by atoms with Crippen LogP contribution in [0.1, 0.15) is 0 Å². The van der Waals surface area contributed by atoms with Crippen LogP contribution in [0.5, 0.6) is 0 Å². The molecule has 0 unspecified atom stereocenters. The molecule has 6 heteroatoms. The van der Waals surface area contributed by atoms with Gasteiger partial charge in [-0.15, -0.1) is 11.3 Å². The van der Waals surface area contributed by atoms with Crippen LogP contribution in [0.2, 0.25) is 0 Å².